The van der Waals surface area contributed by atoms with Gasteiger partial charge in [0, 0.05) is 17.4 Å². The number of benzene rings is 2. The van der Waals surface area contributed by atoms with Gasteiger partial charge in [0.2, 0.25) is 11.8 Å². The Labute approximate surface area is 170 Å². The first-order valence-electron chi connectivity index (χ1n) is 9.34. The van der Waals surface area contributed by atoms with Crippen molar-refractivity contribution in [2.24, 2.45) is 0 Å². The summed E-state index contributed by atoms with van der Waals surface area (Å²) in [7, 11) is 1.55. The van der Waals surface area contributed by atoms with E-state index >= 15 is 0 Å². The molecule has 3 aromatic rings. The van der Waals surface area contributed by atoms with Crippen molar-refractivity contribution in [1.29, 1.82) is 0 Å². The predicted octanol–water partition coefficient (Wildman–Crippen LogP) is 4.12. The number of aryl methyl sites for hydroxylation is 2. The highest BCUT2D eigenvalue weighted by atomic mass is 16.5. The van der Waals surface area contributed by atoms with Crippen LogP contribution in [0.2, 0.25) is 0 Å². The number of anilines is 3. The molecule has 0 saturated heterocycles. The summed E-state index contributed by atoms with van der Waals surface area (Å²) in [6.07, 6.45) is 0.944. The summed E-state index contributed by atoms with van der Waals surface area (Å²) >= 11 is 0. The summed E-state index contributed by atoms with van der Waals surface area (Å²) in [6.45, 7) is 3.76. The van der Waals surface area contributed by atoms with E-state index < -0.39 is 0 Å². The van der Waals surface area contributed by atoms with Crippen LogP contribution in [-0.2, 0) is 11.2 Å². The molecule has 0 spiro atoms. The number of hydrogen-bond acceptors (Lipinski definition) is 6. The normalized spacial score (nSPS) is 10.3. The van der Waals surface area contributed by atoms with Crippen LogP contribution in [0, 0.1) is 6.92 Å². The second-order valence-corrected chi connectivity index (χ2v) is 6.39. The standard InChI is InChI=1S/C22H24N4O3/c1-4-16-8-7-9-17(13-16)24-22-23-15(2)12-21(26-22)29-14-20(27)25-18-10-5-6-11-19(18)28-3/h5-13H,4,14H2,1-3H3,(H,25,27)(H,23,24,26). The lowest BCUT2D eigenvalue weighted by molar-refractivity contribution is -0.118. The molecule has 1 aromatic heterocycles. The third kappa shape index (κ3) is 5.68. The number of methoxy groups -OCH3 is 1. The third-order valence-corrected chi connectivity index (χ3v) is 4.15. The van der Waals surface area contributed by atoms with Gasteiger partial charge in [0.05, 0.1) is 12.8 Å². The SMILES string of the molecule is CCc1cccc(Nc2nc(C)cc(OCC(=O)Nc3ccccc3OC)n2)c1. The van der Waals surface area contributed by atoms with E-state index in [0.717, 1.165) is 17.8 Å². The molecule has 0 aliphatic rings. The van der Waals surface area contributed by atoms with Crippen LogP contribution in [0.3, 0.4) is 0 Å². The molecule has 0 radical (unpaired) electrons. The molecule has 0 aliphatic heterocycles. The van der Waals surface area contributed by atoms with Crippen molar-refractivity contribution in [1.82, 2.24) is 9.97 Å². The number of carbonyl (C=O) groups excluding carboxylic acids is 1. The molecule has 2 N–H and O–H groups in total. The van der Waals surface area contributed by atoms with Crippen molar-refractivity contribution in [3.63, 3.8) is 0 Å². The van der Waals surface area contributed by atoms with Crippen molar-refractivity contribution in [2.45, 2.75) is 20.3 Å². The molecule has 150 valence electrons. The third-order valence-electron chi connectivity index (χ3n) is 4.15. The summed E-state index contributed by atoms with van der Waals surface area (Å²) in [5, 5.41) is 5.95. The van der Waals surface area contributed by atoms with Gasteiger partial charge in [-0.2, -0.15) is 4.98 Å². The Morgan fingerprint density at radius 1 is 1.07 bits per heavy atom. The Balaban J connectivity index is 1.64. The topological polar surface area (TPSA) is 85.4 Å². The van der Waals surface area contributed by atoms with Gasteiger partial charge in [0.1, 0.15) is 5.75 Å². The Bertz CT molecular complexity index is 991. The second kappa shape index (κ2) is 9.54. The number of rotatable bonds is 8. The number of hydrogen-bond donors (Lipinski definition) is 2. The first-order valence-corrected chi connectivity index (χ1v) is 9.34. The molecule has 0 aliphatic carbocycles. The molecular weight excluding hydrogens is 368 g/mol. The molecule has 7 heteroatoms. The lowest BCUT2D eigenvalue weighted by atomic mass is 10.1. The smallest absolute Gasteiger partial charge is 0.262 e. The summed E-state index contributed by atoms with van der Waals surface area (Å²) in [5.41, 5.74) is 3.43. The van der Waals surface area contributed by atoms with E-state index in [1.54, 1.807) is 25.3 Å². The van der Waals surface area contributed by atoms with Gasteiger partial charge >= 0.3 is 0 Å². The van der Waals surface area contributed by atoms with Crippen molar-refractivity contribution in [2.75, 3.05) is 24.4 Å². The van der Waals surface area contributed by atoms with E-state index in [1.165, 1.54) is 5.56 Å². The highest BCUT2D eigenvalue weighted by Crippen LogP contribution is 2.23. The number of nitrogens with zero attached hydrogens (tertiary/aromatic N) is 2. The summed E-state index contributed by atoms with van der Waals surface area (Å²) in [6, 6.07) is 16.9. The Morgan fingerprint density at radius 2 is 1.90 bits per heavy atom. The molecule has 29 heavy (non-hydrogen) atoms. The predicted molar refractivity (Wildman–Crippen MR) is 113 cm³/mol. The molecule has 0 atom stereocenters. The molecular formula is C22H24N4O3. The molecule has 3 rings (SSSR count). The highest BCUT2D eigenvalue weighted by molar-refractivity contribution is 5.93. The Morgan fingerprint density at radius 3 is 2.69 bits per heavy atom. The maximum absolute atomic E-state index is 12.2. The molecule has 0 fully saturated rings. The fourth-order valence-electron chi connectivity index (χ4n) is 2.74. The van der Waals surface area contributed by atoms with Crippen LogP contribution in [0.25, 0.3) is 0 Å². The van der Waals surface area contributed by atoms with Crippen LogP contribution in [0.5, 0.6) is 11.6 Å². The average Bonchev–Trinajstić information content (AvgIpc) is 2.72. The fourth-order valence-corrected chi connectivity index (χ4v) is 2.74. The zero-order valence-electron chi connectivity index (χ0n) is 16.7. The average molecular weight is 392 g/mol. The summed E-state index contributed by atoms with van der Waals surface area (Å²) in [4.78, 5) is 21.0. The molecule has 2 aromatic carbocycles. The van der Waals surface area contributed by atoms with E-state index in [0.29, 0.717) is 23.3 Å². The minimum atomic E-state index is -0.309. The van der Waals surface area contributed by atoms with Gasteiger partial charge in [-0.25, -0.2) is 4.98 Å². The first kappa shape index (κ1) is 20.1. The van der Waals surface area contributed by atoms with E-state index in [9.17, 15) is 4.79 Å². The van der Waals surface area contributed by atoms with Crippen molar-refractivity contribution in [3.05, 3.63) is 65.9 Å². The molecule has 7 nitrogen and oxygen atoms in total. The van der Waals surface area contributed by atoms with Crippen LogP contribution in [-0.4, -0.2) is 29.6 Å². The maximum Gasteiger partial charge on any atom is 0.262 e. The zero-order chi connectivity index (χ0) is 20.6. The van der Waals surface area contributed by atoms with Gasteiger partial charge in [-0.1, -0.05) is 31.2 Å². The van der Waals surface area contributed by atoms with Crippen molar-refractivity contribution >= 4 is 23.2 Å². The lowest BCUT2D eigenvalue weighted by Crippen LogP contribution is -2.21. The second-order valence-electron chi connectivity index (χ2n) is 6.39. The Kier molecular flexibility index (Phi) is 6.63. The van der Waals surface area contributed by atoms with Crippen LogP contribution in [0.4, 0.5) is 17.3 Å². The van der Waals surface area contributed by atoms with Gasteiger partial charge in [0.15, 0.2) is 6.61 Å². The quantitative estimate of drug-likeness (QED) is 0.600. The maximum atomic E-state index is 12.2. The molecule has 0 bridgehead atoms. The van der Waals surface area contributed by atoms with E-state index in [1.807, 2.05) is 37.3 Å². The van der Waals surface area contributed by atoms with Crippen LogP contribution in [0.1, 0.15) is 18.2 Å². The summed E-state index contributed by atoms with van der Waals surface area (Å²) in [5.74, 6) is 1.01. The van der Waals surface area contributed by atoms with E-state index in [4.69, 9.17) is 9.47 Å². The number of aromatic nitrogens is 2. The monoisotopic (exact) mass is 392 g/mol. The zero-order valence-corrected chi connectivity index (χ0v) is 16.7. The van der Waals surface area contributed by atoms with Crippen molar-refractivity contribution < 1.29 is 14.3 Å². The Hall–Kier alpha value is -3.61. The van der Waals surface area contributed by atoms with E-state index in [2.05, 4.69) is 33.6 Å². The van der Waals surface area contributed by atoms with Gasteiger partial charge in [-0.15, -0.1) is 0 Å². The fraction of sp³-hybridized carbons (Fsp3) is 0.227. The number of amides is 1. The van der Waals surface area contributed by atoms with Gasteiger partial charge in [0.25, 0.3) is 5.91 Å². The minimum absolute atomic E-state index is 0.181. The number of nitrogens with one attached hydrogen (secondary N) is 2. The molecule has 1 heterocycles. The van der Waals surface area contributed by atoms with E-state index in [-0.39, 0.29) is 12.5 Å². The van der Waals surface area contributed by atoms with Gasteiger partial charge < -0.3 is 20.1 Å². The molecule has 1 amide bonds. The summed E-state index contributed by atoms with van der Waals surface area (Å²) < 4.78 is 10.8. The van der Waals surface area contributed by atoms with Crippen LogP contribution >= 0.6 is 0 Å². The molecule has 0 unspecified atom stereocenters. The van der Waals surface area contributed by atoms with Gasteiger partial charge in [-0.05, 0) is 43.2 Å². The highest BCUT2D eigenvalue weighted by Gasteiger charge is 2.10. The van der Waals surface area contributed by atoms with Gasteiger partial charge in [-0.3, -0.25) is 4.79 Å². The van der Waals surface area contributed by atoms with Crippen LogP contribution in [0.15, 0.2) is 54.6 Å². The minimum Gasteiger partial charge on any atom is -0.495 e. The number of para-hydroxylation sites is 2. The number of carbonyl (C=O) groups is 1. The van der Waals surface area contributed by atoms with Crippen LogP contribution < -0.4 is 20.1 Å². The lowest BCUT2D eigenvalue weighted by Gasteiger charge is -2.11. The largest absolute Gasteiger partial charge is 0.495 e. The first-order chi connectivity index (χ1) is 14.1. The van der Waals surface area contributed by atoms with Crippen molar-refractivity contribution in [3.8, 4) is 11.6 Å². The number of ether oxygens (including phenoxy) is 2. The molecule has 0 saturated carbocycles.